The Labute approximate surface area is 192 Å². The predicted molar refractivity (Wildman–Crippen MR) is 117 cm³/mol. The Morgan fingerprint density at radius 3 is 2.67 bits per heavy atom. The van der Waals surface area contributed by atoms with Gasteiger partial charge in [0.1, 0.15) is 11.9 Å². The fourth-order valence-corrected chi connectivity index (χ4v) is 4.56. The Kier molecular flexibility index (Phi) is 7.31. The maximum absolute atomic E-state index is 13.7. The molecule has 0 radical (unpaired) electrons. The molecule has 3 heterocycles. The number of fused-ring (bicyclic) bond motifs is 1. The van der Waals surface area contributed by atoms with Gasteiger partial charge in [-0.1, -0.05) is 0 Å². The molecule has 8 nitrogen and oxygen atoms in total. The minimum atomic E-state index is -4.60. The van der Waals surface area contributed by atoms with Gasteiger partial charge in [-0.3, -0.25) is 4.79 Å². The number of piperidine rings is 1. The molecule has 1 fully saturated rings. The summed E-state index contributed by atoms with van der Waals surface area (Å²) in [6, 6.07) is 2.72. The molecule has 1 aliphatic rings. The van der Waals surface area contributed by atoms with Gasteiger partial charge in [-0.05, 0) is 13.0 Å². The van der Waals surface area contributed by atoms with E-state index in [1.54, 1.807) is 18.9 Å². The third kappa shape index (κ3) is 5.30. The van der Waals surface area contributed by atoms with Crippen LogP contribution in [0.15, 0.2) is 11.4 Å². The number of hydrogen-bond acceptors (Lipinski definition) is 7. The highest BCUT2D eigenvalue weighted by molar-refractivity contribution is 7.17. The normalized spacial score (nSPS) is 15.7. The van der Waals surface area contributed by atoms with Crippen LogP contribution in [0.2, 0.25) is 0 Å². The van der Waals surface area contributed by atoms with Gasteiger partial charge in [-0.2, -0.15) is 18.4 Å². The summed E-state index contributed by atoms with van der Waals surface area (Å²) in [6.07, 6.45) is -4.51. The van der Waals surface area contributed by atoms with Gasteiger partial charge in [0, 0.05) is 51.4 Å². The second-order valence-electron chi connectivity index (χ2n) is 7.82. The molecule has 0 aromatic carbocycles. The maximum Gasteiger partial charge on any atom is 0.417 e. The fourth-order valence-electron chi connectivity index (χ4n) is 3.54. The van der Waals surface area contributed by atoms with Crippen molar-refractivity contribution < 1.29 is 27.5 Å². The quantitative estimate of drug-likeness (QED) is 0.690. The Morgan fingerprint density at radius 1 is 1.42 bits per heavy atom. The van der Waals surface area contributed by atoms with Crippen molar-refractivity contribution in [2.45, 2.75) is 44.5 Å². The highest BCUT2D eigenvalue weighted by Crippen LogP contribution is 2.40. The van der Waals surface area contributed by atoms with E-state index in [0.29, 0.717) is 25.9 Å². The highest BCUT2D eigenvalue weighted by atomic mass is 32.1. The lowest BCUT2D eigenvalue weighted by molar-refractivity contribution is -0.136. The summed E-state index contributed by atoms with van der Waals surface area (Å²) < 4.78 is 46.6. The molecule has 12 heteroatoms. The van der Waals surface area contributed by atoms with E-state index in [9.17, 15) is 22.8 Å². The number of rotatable bonds is 5. The van der Waals surface area contributed by atoms with E-state index < -0.39 is 23.7 Å². The van der Waals surface area contributed by atoms with Crippen molar-refractivity contribution in [1.82, 2.24) is 15.2 Å². The van der Waals surface area contributed by atoms with Gasteiger partial charge >= 0.3 is 12.3 Å². The van der Waals surface area contributed by atoms with Gasteiger partial charge in [0.2, 0.25) is 0 Å². The van der Waals surface area contributed by atoms with Crippen molar-refractivity contribution in [2.24, 2.45) is 0 Å². The fraction of sp³-hybridized carbons (Fsp3) is 0.524. The molecule has 1 saturated heterocycles. The van der Waals surface area contributed by atoms with Crippen LogP contribution < -0.4 is 10.2 Å². The molecule has 3 rings (SSSR count). The molecule has 33 heavy (non-hydrogen) atoms. The van der Waals surface area contributed by atoms with E-state index in [1.165, 1.54) is 17.3 Å². The molecular formula is C21H24F3N5O3S. The molecule has 0 bridgehead atoms. The van der Waals surface area contributed by atoms with Crippen LogP contribution >= 0.6 is 11.3 Å². The zero-order valence-electron chi connectivity index (χ0n) is 18.4. The van der Waals surface area contributed by atoms with Crippen LogP contribution in [-0.2, 0) is 10.9 Å². The Hall–Kier alpha value is -3.07. The van der Waals surface area contributed by atoms with Gasteiger partial charge in [-0.25, -0.2) is 9.78 Å². The molecule has 178 valence electrons. The van der Waals surface area contributed by atoms with E-state index in [4.69, 9.17) is 10.00 Å². The third-order valence-corrected chi connectivity index (χ3v) is 6.66. The summed E-state index contributed by atoms with van der Waals surface area (Å²) in [5.74, 6) is -0.373. The lowest BCUT2D eigenvalue weighted by Gasteiger charge is -2.34. The predicted octanol–water partition coefficient (Wildman–Crippen LogP) is 4.01. The van der Waals surface area contributed by atoms with E-state index in [1.807, 2.05) is 6.07 Å². The smallest absolute Gasteiger partial charge is 0.417 e. The van der Waals surface area contributed by atoms with Gasteiger partial charge in [0.05, 0.1) is 33.8 Å². The second-order valence-corrected chi connectivity index (χ2v) is 8.70. The third-order valence-electron chi connectivity index (χ3n) is 5.66. The number of halogens is 3. The van der Waals surface area contributed by atoms with Gasteiger partial charge < -0.3 is 19.9 Å². The number of carbonyl (C=O) groups excluding carboxylic acids is 2. The number of nitrogens with zero attached hydrogens (tertiary/aromatic N) is 4. The van der Waals surface area contributed by atoms with Crippen LogP contribution in [0.1, 0.15) is 42.1 Å². The molecule has 1 N–H and O–H groups in total. The molecule has 0 saturated carbocycles. The Bertz CT molecular complexity index is 1070. The molecule has 1 aliphatic heterocycles. The van der Waals surface area contributed by atoms with Crippen molar-refractivity contribution >= 4 is 39.4 Å². The summed E-state index contributed by atoms with van der Waals surface area (Å²) in [7, 11) is 2.97. The average Bonchev–Trinajstić information content (AvgIpc) is 3.21. The molecule has 2 aromatic heterocycles. The molecule has 0 unspecified atom stereocenters. The number of anilines is 1. The van der Waals surface area contributed by atoms with E-state index >= 15 is 0 Å². The molecule has 2 aromatic rings. The zero-order chi connectivity index (χ0) is 24.3. The number of carbonyl (C=O) groups is 2. The SMILES string of the molecule is CNC(=O)c1csc2c(C(F)(F)F)cc(N3CCC(OC(=O)N(C)[C@@H](C)CC#N)CC3)nc12. The zero-order valence-corrected chi connectivity index (χ0v) is 19.2. The monoisotopic (exact) mass is 483 g/mol. The number of nitriles is 1. The van der Waals surface area contributed by atoms with Crippen molar-refractivity contribution in [3.05, 3.63) is 22.6 Å². The number of nitrogens with one attached hydrogen (secondary N) is 1. The van der Waals surface area contributed by atoms with Crippen LogP contribution in [0.4, 0.5) is 23.8 Å². The number of thiophene rings is 1. The molecule has 0 spiro atoms. The number of aromatic nitrogens is 1. The standard InChI is InChI=1S/C21H24F3N5O3S/c1-12(4-7-25)28(3)20(31)32-13-5-8-29(9-6-13)16-10-15(21(22,23)24)18-17(27-16)14(11-33-18)19(30)26-2/h10-13H,4-6,8-9H2,1-3H3,(H,26,30)/t12-/m0/s1. The topological polar surface area (TPSA) is 98.6 Å². The van der Waals surface area contributed by atoms with Gasteiger partial charge in [-0.15, -0.1) is 11.3 Å². The highest BCUT2D eigenvalue weighted by Gasteiger charge is 2.36. The number of hydrogen-bond donors (Lipinski definition) is 1. The summed E-state index contributed by atoms with van der Waals surface area (Å²) in [5.41, 5.74) is -0.710. The van der Waals surface area contributed by atoms with Gasteiger partial charge in [0.25, 0.3) is 5.91 Å². The lowest BCUT2D eigenvalue weighted by Crippen LogP contribution is -2.42. The largest absolute Gasteiger partial charge is 0.446 e. The van der Waals surface area contributed by atoms with Crippen LogP contribution in [0, 0.1) is 11.3 Å². The second kappa shape index (κ2) is 9.82. The molecule has 0 aliphatic carbocycles. The number of pyridine rings is 1. The van der Waals surface area contributed by atoms with Crippen molar-refractivity contribution in [3.8, 4) is 6.07 Å². The average molecular weight is 484 g/mol. The van der Waals surface area contributed by atoms with E-state index in [2.05, 4.69) is 10.3 Å². The molecule has 1 atom stereocenters. The van der Waals surface area contributed by atoms with Crippen LogP contribution in [0.25, 0.3) is 10.2 Å². The summed E-state index contributed by atoms with van der Waals surface area (Å²) in [4.78, 5) is 31.9. The minimum absolute atomic E-state index is 0.0193. The first-order chi connectivity index (χ1) is 15.6. The van der Waals surface area contributed by atoms with Crippen LogP contribution in [0.5, 0.6) is 0 Å². The molecular weight excluding hydrogens is 459 g/mol. The lowest BCUT2D eigenvalue weighted by atomic mass is 10.1. The van der Waals surface area contributed by atoms with Crippen LogP contribution in [0.3, 0.4) is 0 Å². The summed E-state index contributed by atoms with van der Waals surface area (Å²) in [6.45, 7) is 2.42. The Morgan fingerprint density at radius 2 is 2.09 bits per heavy atom. The number of ether oxygens (including phenoxy) is 1. The summed E-state index contributed by atoms with van der Waals surface area (Å²) >= 11 is 0.838. The van der Waals surface area contributed by atoms with Crippen molar-refractivity contribution in [2.75, 3.05) is 32.1 Å². The first kappa shape index (κ1) is 24.6. The number of alkyl halides is 3. The van der Waals surface area contributed by atoms with Gasteiger partial charge in [0.15, 0.2) is 0 Å². The maximum atomic E-state index is 13.7. The van der Waals surface area contributed by atoms with E-state index in [0.717, 1.165) is 17.4 Å². The summed E-state index contributed by atoms with van der Waals surface area (Å²) in [5, 5.41) is 12.6. The van der Waals surface area contributed by atoms with Crippen LogP contribution in [-0.4, -0.2) is 61.2 Å². The minimum Gasteiger partial charge on any atom is -0.446 e. The number of amides is 2. The first-order valence-corrected chi connectivity index (χ1v) is 11.2. The van der Waals surface area contributed by atoms with Crippen molar-refractivity contribution in [3.63, 3.8) is 0 Å². The van der Waals surface area contributed by atoms with Crippen molar-refractivity contribution in [1.29, 1.82) is 5.26 Å². The van der Waals surface area contributed by atoms with E-state index in [-0.39, 0.29) is 40.2 Å². The molecule has 2 amide bonds. The Balaban J connectivity index is 1.78. The first-order valence-electron chi connectivity index (χ1n) is 10.3.